The highest BCUT2D eigenvalue weighted by molar-refractivity contribution is 6.30. The second-order valence-electron chi connectivity index (χ2n) is 9.67. The van der Waals surface area contributed by atoms with E-state index in [1.807, 2.05) is 52.0 Å². The van der Waals surface area contributed by atoms with Gasteiger partial charge in [0, 0.05) is 34.2 Å². The molecule has 37 heavy (non-hydrogen) atoms. The lowest BCUT2D eigenvalue weighted by Crippen LogP contribution is -2.50. The molecule has 1 N–H and O–H groups in total. The van der Waals surface area contributed by atoms with Crippen LogP contribution in [-0.2, 0) is 16.1 Å². The van der Waals surface area contributed by atoms with Gasteiger partial charge in [-0.05, 0) is 74.9 Å². The molecule has 0 radical (unpaired) electrons. The van der Waals surface area contributed by atoms with Crippen LogP contribution in [-0.4, -0.2) is 42.5 Å². The van der Waals surface area contributed by atoms with E-state index in [9.17, 15) is 9.59 Å². The Morgan fingerprint density at radius 3 is 2.27 bits per heavy atom. The van der Waals surface area contributed by atoms with Crippen molar-refractivity contribution in [2.45, 2.75) is 45.8 Å². The lowest BCUT2D eigenvalue weighted by molar-refractivity contribution is -0.128. The Hall–Kier alpha value is -4.11. The van der Waals surface area contributed by atoms with E-state index in [1.165, 1.54) is 9.70 Å². The van der Waals surface area contributed by atoms with E-state index in [0.29, 0.717) is 22.1 Å². The molecule has 2 aromatic carbocycles. The van der Waals surface area contributed by atoms with E-state index in [4.69, 9.17) is 11.6 Å². The normalized spacial score (nSPS) is 12.1. The Bertz CT molecular complexity index is 1360. The first-order chi connectivity index (χ1) is 17.6. The van der Waals surface area contributed by atoms with Crippen molar-refractivity contribution < 1.29 is 9.59 Å². The quantitative estimate of drug-likeness (QED) is 0.390. The fourth-order valence-electron chi connectivity index (χ4n) is 3.77. The first kappa shape index (κ1) is 26.0. The van der Waals surface area contributed by atoms with Crippen LogP contribution in [0.4, 0.5) is 5.69 Å². The number of nitrogens with one attached hydrogen (secondary N) is 1. The van der Waals surface area contributed by atoms with E-state index < -0.39 is 17.5 Å². The molecule has 2 amide bonds. The molecule has 2 aromatic heterocycles. The molecule has 2 heterocycles. The molecule has 1 unspecified atom stereocenters. The lowest BCUT2D eigenvalue weighted by atomic mass is 10.0. The van der Waals surface area contributed by atoms with Gasteiger partial charge >= 0.3 is 0 Å². The number of tetrazole rings is 1. The minimum absolute atomic E-state index is 0.230. The first-order valence-electron chi connectivity index (χ1n) is 11.8. The smallest absolute Gasteiger partial charge is 0.251 e. The van der Waals surface area contributed by atoms with Crippen LogP contribution in [0.5, 0.6) is 0 Å². The van der Waals surface area contributed by atoms with Crippen LogP contribution < -0.4 is 10.2 Å². The molecule has 0 fully saturated rings. The van der Waals surface area contributed by atoms with Crippen molar-refractivity contribution in [1.82, 2.24) is 30.5 Å². The van der Waals surface area contributed by atoms with Gasteiger partial charge < -0.3 is 5.32 Å². The Morgan fingerprint density at radius 2 is 1.65 bits per heavy atom. The van der Waals surface area contributed by atoms with Gasteiger partial charge in [-0.2, -0.15) is 4.80 Å². The zero-order valence-electron chi connectivity index (χ0n) is 21.1. The van der Waals surface area contributed by atoms with Crippen LogP contribution in [0.25, 0.3) is 11.4 Å². The molecule has 0 saturated carbocycles. The summed E-state index contributed by atoms with van der Waals surface area (Å²) >= 11 is 6.12. The Morgan fingerprint density at radius 1 is 1.00 bits per heavy atom. The third kappa shape index (κ3) is 6.56. The molecule has 4 rings (SSSR count). The van der Waals surface area contributed by atoms with Crippen LogP contribution in [0.3, 0.4) is 0 Å². The molecule has 4 aromatic rings. The van der Waals surface area contributed by atoms with Crippen molar-refractivity contribution in [3.05, 3.63) is 89.2 Å². The van der Waals surface area contributed by atoms with E-state index in [2.05, 4.69) is 25.7 Å². The van der Waals surface area contributed by atoms with E-state index in [1.54, 1.807) is 48.8 Å². The average Bonchev–Trinajstić information content (AvgIpc) is 3.31. The van der Waals surface area contributed by atoms with Gasteiger partial charge in [-0.15, -0.1) is 10.2 Å². The number of benzene rings is 2. The second kappa shape index (κ2) is 10.9. The number of anilines is 1. The van der Waals surface area contributed by atoms with E-state index >= 15 is 0 Å². The minimum Gasteiger partial charge on any atom is -0.349 e. The van der Waals surface area contributed by atoms with Crippen molar-refractivity contribution in [2.75, 3.05) is 4.90 Å². The number of nitrogens with zero attached hydrogens (tertiary/aromatic N) is 6. The van der Waals surface area contributed by atoms with Gasteiger partial charge in [-0.3, -0.25) is 19.5 Å². The first-order valence-corrected chi connectivity index (χ1v) is 12.1. The average molecular weight is 518 g/mol. The van der Waals surface area contributed by atoms with Crippen LogP contribution in [0, 0.1) is 6.92 Å². The summed E-state index contributed by atoms with van der Waals surface area (Å²) in [4.78, 5) is 34.2. The number of carbonyl (C=O) groups is 2. The maximum absolute atomic E-state index is 13.8. The monoisotopic (exact) mass is 517 g/mol. The van der Waals surface area contributed by atoms with Crippen molar-refractivity contribution >= 4 is 29.1 Å². The SMILES string of the molecule is Cc1ccc(-c2nnn(CC(=O)N(c3ccc(Cl)cc3)C(C(=O)NC(C)(C)C)c3ccncc3)n2)cc1. The number of hydrogen-bond acceptors (Lipinski definition) is 6. The predicted octanol–water partition coefficient (Wildman–Crippen LogP) is 4.39. The van der Waals surface area contributed by atoms with Crippen LogP contribution >= 0.6 is 11.6 Å². The van der Waals surface area contributed by atoms with Crippen molar-refractivity contribution in [1.29, 1.82) is 0 Å². The molecular formula is C27H28ClN7O2. The third-order valence-corrected chi connectivity index (χ3v) is 5.69. The van der Waals surface area contributed by atoms with Gasteiger partial charge in [-0.1, -0.05) is 41.4 Å². The van der Waals surface area contributed by atoms with Gasteiger partial charge in [-0.25, -0.2) is 0 Å². The molecule has 1 atom stereocenters. The molecule has 0 aliphatic heterocycles. The number of aromatic nitrogens is 5. The summed E-state index contributed by atoms with van der Waals surface area (Å²) in [6, 6.07) is 16.9. The number of amides is 2. The summed E-state index contributed by atoms with van der Waals surface area (Å²) in [6.07, 6.45) is 3.17. The summed E-state index contributed by atoms with van der Waals surface area (Å²) in [7, 11) is 0. The zero-order valence-corrected chi connectivity index (χ0v) is 21.8. The zero-order chi connectivity index (χ0) is 26.6. The fraction of sp³-hybridized carbons (Fsp3) is 0.259. The summed E-state index contributed by atoms with van der Waals surface area (Å²) in [5, 5.41) is 16.1. The third-order valence-electron chi connectivity index (χ3n) is 5.44. The fourth-order valence-corrected chi connectivity index (χ4v) is 3.89. The molecular weight excluding hydrogens is 490 g/mol. The van der Waals surface area contributed by atoms with Gasteiger partial charge in [0.05, 0.1) is 0 Å². The molecule has 0 saturated heterocycles. The minimum atomic E-state index is -0.976. The Labute approximate surface area is 220 Å². The standard InChI is InChI=1S/C27H28ClN7O2/c1-18-5-7-20(8-6-18)25-31-33-34(32-25)17-23(36)35(22-11-9-21(28)10-12-22)24(19-13-15-29-16-14-19)26(37)30-27(2,3)4/h5-16,24H,17H2,1-4H3,(H,30,37). The summed E-state index contributed by atoms with van der Waals surface area (Å²) in [6.45, 7) is 7.41. The molecule has 0 aliphatic carbocycles. The second-order valence-corrected chi connectivity index (χ2v) is 10.1. The highest BCUT2D eigenvalue weighted by Gasteiger charge is 2.34. The highest BCUT2D eigenvalue weighted by Crippen LogP contribution is 2.30. The number of carbonyl (C=O) groups excluding carboxylic acids is 2. The van der Waals surface area contributed by atoms with Crippen molar-refractivity contribution in [3.63, 3.8) is 0 Å². The lowest BCUT2D eigenvalue weighted by Gasteiger charge is -2.33. The largest absolute Gasteiger partial charge is 0.349 e. The molecule has 190 valence electrons. The van der Waals surface area contributed by atoms with Crippen LogP contribution in [0.1, 0.15) is 37.9 Å². The number of halogens is 1. The molecule has 0 spiro atoms. The number of hydrogen-bond donors (Lipinski definition) is 1. The predicted molar refractivity (Wildman–Crippen MR) is 142 cm³/mol. The number of pyridine rings is 1. The van der Waals surface area contributed by atoms with E-state index in [-0.39, 0.29) is 12.5 Å². The van der Waals surface area contributed by atoms with Crippen molar-refractivity contribution in [2.24, 2.45) is 0 Å². The maximum atomic E-state index is 13.8. The van der Waals surface area contributed by atoms with Gasteiger partial charge in [0.15, 0.2) is 0 Å². The Balaban J connectivity index is 1.72. The maximum Gasteiger partial charge on any atom is 0.251 e. The Kier molecular flexibility index (Phi) is 7.63. The topological polar surface area (TPSA) is 106 Å². The number of rotatable bonds is 7. The van der Waals surface area contributed by atoms with Crippen LogP contribution in [0.2, 0.25) is 5.02 Å². The summed E-state index contributed by atoms with van der Waals surface area (Å²) in [5.74, 6) is -0.336. The molecule has 0 aliphatic rings. The molecule has 10 heteroatoms. The van der Waals surface area contributed by atoms with Gasteiger partial charge in [0.1, 0.15) is 12.6 Å². The highest BCUT2D eigenvalue weighted by atomic mass is 35.5. The molecule has 9 nitrogen and oxygen atoms in total. The number of aryl methyl sites for hydroxylation is 1. The molecule has 0 bridgehead atoms. The van der Waals surface area contributed by atoms with Gasteiger partial charge in [0.25, 0.3) is 5.91 Å². The summed E-state index contributed by atoms with van der Waals surface area (Å²) < 4.78 is 0. The van der Waals surface area contributed by atoms with Crippen LogP contribution in [0.15, 0.2) is 73.1 Å². The summed E-state index contributed by atoms with van der Waals surface area (Å²) in [5.41, 5.74) is 2.48. The van der Waals surface area contributed by atoms with Crippen molar-refractivity contribution in [3.8, 4) is 11.4 Å². The van der Waals surface area contributed by atoms with E-state index in [0.717, 1.165) is 11.1 Å². The van der Waals surface area contributed by atoms with Gasteiger partial charge in [0.2, 0.25) is 11.7 Å².